The van der Waals surface area contributed by atoms with Crippen molar-refractivity contribution in [3.63, 3.8) is 0 Å². The highest BCUT2D eigenvalue weighted by atomic mass is 32.1. The van der Waals surface area contributed by atoms with Crippen molar-refractivity contribution in [3.05, 3.63) is 84.4 Å². The van der Waals surface area contributed by atoms with Crippen LogP contribution in [-0.4, -0.2) is 23.1 Å². The number of thiocarbonyl (C=S) groups is 1. The highest BCUT2D eigenvalue weighted by molar-refractivity contribution is 7.80. The summed E-state index contributed by atoms with van der Waals surface area (Å²) in [5.74, 6) is 0. The van der Waals surface area contributed by atoms with Gasteiger partial charge in [-0.2, -0.15) is 0 Å². The maximum atomic E-state index is 5.66. The quantitative estimate of drug-likeness (QED) is 0.633. The minimum Gasteiger partial charge on any atom is -0.345 e. The molecule has 1 aliphatic rings. The van der Waals surface area contributed by atoms with Crippen LogP contribution in [0, 0.1) is 0 Å². The minimum absolute atomic E-state index is 0.791. The molecule has 0 bridgehead atoms. The van der Waals surface area contributed by atoms with Crippen LogP contribution in [0.4, 0.5) is 5.69 Å². The van der Waals surface area contributed by atoms with Crippen LogP contribution in [0.15, 0.2) is 78.9 Å². The van der Waals surface area contributed by atoms with E-state index in [1.807, 2.05) is 0 Å². The van der Waals surface area contributed by atoms with E-state index < -0.39 is 0 Å². The summed E-state index contributed by atoms with van der Waals surface area (Å²) < 4.78 is 0. The lowest BCUT2D eigenvalue weighted by molar-refractivity contribution is 0.466. The van der Waals surface area contributed by atoms with Crippen LogP contribution in [0.1, 0.15) is 12.0 Å². The van der Waals surface area contributed by atoms with Gasteiger partial charge in [-0.05, 0) is 41.2 Å². The van der Waals surface area contributed by atoms with E-state index in [1.165, 1.54) is 21.9 Å². The Morgan fingerprint density at radius 2 is 1.64 bits per heavy atom. The second kappa shape index (κ2) is 7.08. The first-order valence-corrected chi connectivity index (χ1v) is 9.00. The molecule has 0 aromatic heterocycles. The first kappa shape index (κ1) is 15.9. The average Bonchev–Trinajstić information content (AvgIpc) is 2.69. The van der Waals surface area contributed by atoms with Crippen molar-refractivity contribution in [1.82, 2.24) is 4.90 Å². The van der Waals surface area contributed by atoms with E-state index in [1.54, 1.807) is 0 Å². The molecule has 1 N–H and O–H groups in total. The largest absolute Gasteiger partial charge is 0.345 e. The number of nitrogens with one attached hydrogen (secondary N) is 1. The van der Waals surface area contributed by atoms with Gasteiger partial charge in [0.1, 0.15) is 0 Å². The first-order chi connectivity index (χ1) is 12.3. The lowest BCUT2D eigenvalue weighted by Gasteiger charge is -2.29. The lowest BCUT2D eigenvalue weighted by atomic mass is 10.00. The maximum absolute atomic E-state index is 5.66. The maximum Gasteiger partial charge on any atom is 0.173 e. The molecule has 0 fully saturated rings. The zero-order chi connectivity index (χ0) is 17.1. The number of hydrogen-bond donors (Lipinski definition) is 1. The topological polar surface area (TPSA) is 15.3 Å². The molecule has 0 atom stereocenters. The molecule has 3 aromatic carbocycles. The van der Waals surface area contributed by atoms with Crippen molar-refractivity contribution in [1.29, 1.82) is 0 Å². The summed E-state index contributed by atoms with van der Waals surface area (Å²) in [6.07, 6.45) is 3.30. The third-order valence-electron chi connectivity index (χ3n) is 4.67. The summed E-state index contributed by atoms with van der Waals surface area (Å²) in [5, 5.41) is 6.65. The molecule has 0 saturated carbocycles. The molecule has 0 aliphatic carbocycles. The van der Waals surface area contributed by atoms with E-state index in [0.29, 0.717) is 0 Å². The van der Waals surface area contributed by atoms with Gasteiger partial charge < -0.3 is 10.2 Å². The number of rotatable bonds is 2. The van der Waals surface area contributed by atoms with Gasteiger partial charge in [0.2, 0.25) is 0 Å². The Morgan fingerprint density at radius 3 is 2.44 bits per heavy atom. The minimum atomic E-state index is 0.791. The van der Waals surface area contributed by atoms with Gasteiger partial charge in [0.05, 0.1) is 0 Å². The zero-order valence-electron chi connectivity index (χ0n) is 14.0. The monoisotopic (exact) mass is 344 g/mol. The molecule has 1 aliphatic heterocycles. The molecule has 124 valence electrons. The Labute approximate surface area is 153 Å². The summed E-state index contributed by atoms with van der Waals surface area (Å²) in [6.45, 7) is 1.79. The molecular weight excluding hydrogens is 324 g/mol. The van der Waals surface area contributed by atoms with Crippen molar-refractivity contribution in [2.24, 2.45) is 0 Å². The molecule has 3 heteroatoms. The molecule has 25 heavy (non-hydrogen) atoms. The van der Waals surface area contributed by atoms with Gasteiger partial charge in [-0.25, -0.2) is 0 Å². The second-order valence-electron chi connectivity index (χ2n) is 6.25. The molecule has 0 radical (unpaired) electrons. The molecule has 0 saturated heterocycles. The van der Waals surface area contributed by atoms with Crippen molar-refractivity contribution in [3.8, 4) is 0 Å². The average molecular weight is 344 g/mol. The van der Waals surface area contributed by atoms with E-state index in [0.717, 1.165) is 30.3 Å². The first-order valence-electron chi connectivity index (χ1n) is 8.59. The molecule has 3 aromatic rings. The van der Waals surface area contributed by atoms with E-state index in [2.05, 4.69) is 89.1 Å². The van der Waals surface area contributed by atoms with Crippen LogP contribution in [0.25, 0.3) is 16.3 Å². The molecule has 0 spiro atoms. The Hall–Kier alpha value is -2.65. The van der Waals surface area contributed by atoms with Gasteiger partial charge >= 0.3 is 0 Å². The third-order valence-corrected chi connectivity index (χ3v) is 5.03. The standard InChI is InChI=1S/C22H20N2S/c25-22(23-21-12-6-10-19-9-4-5-11-20(19)21)24-15-13-18(14-16-24)17-7-2-1-3-8-17/h1-13H,14-16H2,(H,23,25). The number of anilines is 1. The van der Waals surface area contributed by atoms with Crippen LogP contribution in [0.5, 0.6) is 0 Å². The Balaban J connectivity index is 1.48. The van der Waals surface area contributed by atoms with Gasteiger partial charge in [-0.3, -0.25) is 0 Å². The summed E-state index contributed by atoms with van der Waals surface area (Å²) >= 11 is 5.66. The summed E-state index contributed by atoms with van der Waals surface area (Å²) in [7, 11) is 0. The van der Waals surface area contributed by atoms with Gasteiger partial charge in [0, 0.05) is 24.2 Å². The fourth-order valence-corrected chi connectivity index (χ4v) is 3.57. The molecule has 0 unspecified atom stereocenters. The van der Waals surface area contributed by atoms with Crippen LogP contribution in [0.3, 0.4) is 0 Å². The zero-order valence-corrected chi connectivity index (χ0v) is 14.8. The Kier molecular flexibility index (Phi) is 4.49. The molecule has 0 amide bonds. The van der Waals surface area contributed by atoms with Crippen LogP contribution in [0.2, 0.25) is 0 Å². The highest BCUT2D eigenvalue weighted by Gasteiger charge is 2.15. The van der Waals surface area contributed by atoms with Crippen LogP contribution < -0.4 is 5.32 Å². The third kappa shape index (κ3) is 3.42. The van der Waals surface area contributed by atoms with E-state index in [-0.39, 0.29) is 0 Å². The number of benzene rings is 3. The number of nitrogens with zero attached hydrogens (tertiary/aromatic N) is 1. The smallest absolute Gasteiger partial charge is 0.173 e. The summed E-state index contributed by atoms with van der Waals surface area (Å²) in [5.41, 5.74) is 3.79. The summed E-state index contributed by atoms with van der Waals surface area (Å²) in [6, 6.07) is 25.2. The molecule has 1 heterocycles. The fourth-order valence-electron chi connectivity index (χ4n) is 3.30. The van der Waals surface area contributed by atoms with Crippen LogP contribution in [-0.2, 0) is 0 Å². The summed E-state index contributed by atoms with van der Waals surface area (Å²) in [4.78, 5) is 2.23. The number of fused-ring (bicyclic) bond motifs is 1. The van der Waals surface area contributed by atoms with E-state index in [4.69, 9.17) is 12.2 Å². The normalized spacial score (nSPS) is 14.2. The van der Waals surface area contributed by atoms with Gasteiger partial charge in [0.15, 0.2) is 5.11 Å². The van der Waals surface area contributed by atoms with Crippen molar-refractivity contribution < 1.29 is 0 Å². The predicted octanol–water partition coefficient (Wildman–Crippen LogP) is 5.33. The highest BCUT2D eigenvalue weighted by Crippen LogP contribution is 2.25. The Bertz CT molecular complexity index is 926. The van der Waals surface area contributed by atoms with Crippen LogP contribution >= 0.6 is 12.2 Å². The van der Waals surface area contributed by atoms with Gasteiger partial charge in [-0.1, -0.05) is 72.8 Å². The molecule has 4 rings (SSSR count). The molecular formula is C22H20N2S. The lowest BCUT2D eigenvalue weighted by Crippen LogP contribution is -2.37. The number of hydrogen-bond acceptors (Lipinski definition) is 1. The fraction of sp³-hybridized carbons (Fsp3) is 0.136. The predicted molar refractivity (Wildman–Crippen MR) is 111 cm³/mol. The van der Waals surface area contributed by atoms with E-state index in [9.17, 15) is 0 Å². The van der Waals surface area contributed by atoms with E-state index >= 15 is 0 Å². The SMILES string of the molecule is S=C(Nc1cccc2ccccc12)N1CC=C(c2ccccc2)CC1. The Morgan fingerprint density at radius 1 is 0.880 bits per heavy atom. The van der Waals surface area contributed by atoms with Gasteiger partial charge in [0.25, 0.3) is 0 Å². The molecule has 2 nitrogen and oxygen atoms in total. The van der Waals surface area contributed by atoms with Crippen molar-refractivity contribution in [2.75, 3.05) is 18.4 Å². The van der Waals surface area contributed by atoms with Gasteiger partial charge in [-0.15, -0.1) is 0 Å². The van der Waals surface area contributed by atoms with Crippen molar-refractivity contribution >= 4 is 39.4 Å². The van der Waals surface area contributed by atoms with Crippen molar-refractivity contribution in [2.45, 2.75) is 6.42 Å². The second-order valence-corrected chi connectivity index (χ2v) is 6.63.